The fourth-order valence-electron chi connectivity index (χ4n) is 3.21. The van der Waals surface area contributed by atoms with E-state index in [2.05, 4.69) is 5.32 Å². The molecule has 0 spiro atoms. The Morgan fingerprint density at radius 2 is 2.04 bits per heavy atom. The first-order valence-corrected chi connectivity index (χ1v) is 9.43. The van der Waals surface area contributed by atoms with E-state index in [4.69, 9.17) is 5.14 Å². The lowest BCUT2D eigenvalue weighted by Crippen LogP contribution is -2.44. The number of nitrogens with one attached hydrogen (secondary N) is 1. The van der Waals surface area contributed by atoms with Gasteiger partial charge in [-0.1, -0.05) is 6.07 Å². The van der Waals surface area contributed by atoms with Gasteiger partial charge in [-0.3, -0.25) is 29.2 Å². The number of piperidine rings is 1. The molecule has 1 fully saturated rings. The lowest BCUT2D eigenvalue weighted by Gasteiger charge is -2.21. The number of imidazole rings is 1. The Balaban J connectivity index is 1.96. The van der Waals surface area contributed by atoms with Crippen molar-refractivity contribution in [2.45, 2.75) is 31.7 Å². The van der Waals surface area contributed by atoms with Gasteiger partial charge in [-0.2, -0.15) is 0 Å². The van der Waals surface area contributed by atoms with Crippen LogP contribution in [0.3, 0.4) is 0 Å². The van der Waals surface area contributed by atoms with Crippen LogP contribution in [0.4, 0.5) is 0 Å². The minimum absolute atomic E-state index is 0.216. The molecule has 134 valence electrons. The number of benzene rings is 1. The Labute approximate surface area is 146 Å². The van der Waals surface area contributed by atoms with E-state index in [1.165, 1.54) is 9.13 Å². The van der Waals surface area contributed by atoms with Gasteiger partial charge in [0, 0.05) is 19.2 Å². The summed E-state index contributed by atoms with van der Waals surface area (Å²) < 4.78 is 13.9. The van der Waals surface area contributed by atoms with Gasteiger partial charge in [0.2, 0.25) is 11.8 Å². The molecule has 2 unspecified atom stereocenters. The lowest BCUT2D eigenvalue weighted by molar-refractivity contribution is -0.135. The molecule has 2 amide bonds. The Kier molecular flexibility index (Phi) is 4.87. The van der Waals surface area contributed by atoms with E-state index in [-0.39, 0.29) is 18.0 Å². The van der Waals surface area contributed by atoms with Crippen molar-refractivity contribution in [3.05, 3.63) is 34.2 Å². The third kappa shape index (κ3) is 3.42. The number of aryl methyl sites for hydroxylation is 2. The molecule has 2 aromatic rings. The van der Waals surface area contributed by atoms with Crippen LogP contribution in [0.15, 0.2) is 23.0 Å². The Morgan fingerprint density at radius 1 is 1.28 bits per heavy atom. The SMILES string of the molecule is Cn1c(=O)n(C2CCC(=O)NC2=O)c2ccc(CCCS(N)=O)cc21. The number of carbonyl (C=O) groups is 2. The zero-order valence-electron chi connectivity index (χ0n) is 13.9. The van der Waals surface area contributed by atoms with E-state index in [1.807, 2.05) is 18.2 Å². The van der Waals surface area contributed by atoms with Gasteiger partial charge in [0.15, 0.2) is 0 Å². The number of hydrogen-bond donors (Lipinski definition) is 2. The van der Waals surface area contributed by atoms with Gasteiger partial charge in [0.05, 0.1) is 22.0 Å². The van der Waals surface area contributed by atoms with Crippen LogP contribution >= 0.6 is 0 Å². The third-order valence-corrected chi connectivity index (χ3v) is 5.18. The number of nitrogens with zero attached hydrogens (tertiary/aromatic N) is 2. The predicted molar refractivity (Wildman–Crippen MR) is 94.1 cm³/mol. The molecule has 1 saturated heterocycles. The van der Waals surface area contributed by atoms with Crippen LogP contribution in [-0.4, -0.2) is 30.9 Å². The number of rotatable bonds is 5. The summed E-state index contributed by atoms with van der Waals surface area (Å²) in [5.74, 6) is -0.330. The zero-order chi connectivity index (χ0) is 18.1. The minimum Gasteiger partial charge on any atom is -0.295 e. The predicted octanol–water partition coefficient (Wildman–Crippen LogP) is -0.127. The van der Waals surface area contributed by atoms with Crippen LogP contribution in [0.25, 0.3) is 11.0 Å². The van der Waals surface area contributed by atoms with E-state index in [1.54, 1.807) is 7.05 Å². The van der Waals surface area contributed by atoms with Crippen molar-refractivity contribution in [2.24, 2.45) is 12.2 Å². The molecule has 2 heterocycles. The second kappa shape index (κ2) is 6.93. The standard InChI is InChI=1S/C16H20N4O4S/c1-19-13-9-10(3-2-8-25(17)24)4-5-11(13)20(16(19)23)12-6-7-14(21)18-15(12)22/h4-5,9,12H,2-3,6-8,17H2,1H3,(H,18,21,22). The molecular formula is C16H20N4O4S. The summed E-state index contributed by atoms with van der Waals surface area (Å²) in [4.78, 5) is 36.1. The van der Waals surface area contributed by atoms with E-state index in [0.29, 0.717) is 30.5 Å². The van der Waals surface area contributed by atoms with Gasteiger partial charge in [-0.05, 0) is 37.0 Å². The molecule has 3 rings (SSSR count). The zero-order valence-corrected chi connectivity index (χ0v) is 14.7. The smallest absolute Gasteiger partial charge is 0.295 e. The summed E-state index contributed by atoms with van der Waals surface area (Å²) in [6.45, 7) is 0. The molecule has 25 heavy (non-hydrogen) atoms. The second-order valence-electron chi connectivity index (χ2n) is 6.19. The van der Waals surface area contributed by atoms with Crippen LogP contribution < -0.4 is 16.1 Å². The number of carbonyl (C=O) groups excluding carboxylic acids is 2. The maximum Gasteiger partial charge on any atom is 0.329 e. The van der Waals surface area contributed by atoms with Gasteiger partial charge in [-0.25, -0.2) is 9.00 Å². The maximum absolute atomic E-state index is 12.6. The van der Waals surface area contributed by atoms with Crippen molar-refractivity contribution in [1.82, 2.24) is 14.5 Å². The Hall–Kier alpha value is -2.26. The summed E-state index contributed by atoms with van der Waals surface area (Å²) >= 11 is 0. The van der Waals surface area contributed by atoms with Gasteiger partial charge in [-0.15, -0.1) is 0 Å². The van der Waals surface area contributed by atoms with Gasteiger partial charge >= 0.3 is 5.69 Å². The Bertz CT molecular complexity index is 930. The molecule has 9 heteroatoms. The van der Waals surface area contributed by atoms with E-state index < -0.39 is 22.9 Å². The monoisotopic (exact) mass is 364 g/mol. The van der Waals surface area contributed by atoms with Crippen LogP contribution in [0.5, 0.6) is 0 Å². The maximum atomic E-state index is 12.6. The summed E-state index contributed by atoms with van der Waals surface area (Å²) in [5, 5.41) is 7.55. The molecule has 1 aliphatic rings. The Morgan fingerprint density at radius 3 is 2.72 bits per heavy atom. The molecule has 1 aliphatic heterocycles. The average Bonchev–Trinajstić information content (AvgIpc) is 2.79. The van der Waals surface area contributed by atoms with E-state index >= 15 is 0 Å². The van der Waals surface area contributed by atoms with Crippen molar-refractivity contribution < 1.29 is 13.8 Å². The van der Waals surface area contributed by atoms with E-state index in [9.17, 15) is 18.6 Å². The van der Waals surface area contributed by atoms with Crippen LogP contribution in [0, 0.1) is 0 Å². The number of nitrogens with two attached hydrogens (primary N) is 1. The molecule has 0 radical (unpaired) electrons. The molecule has 1 aromatic carbocycles. The fraction of sp³-hybridized carbons (Fsp3) is 0.438. The average molecular weight is 364 g/mol. The van der Waals surface area contributed by atoms with Crippen LogP contribution in [-0.2, 0) is 34.0 Å². The van der Waals surface area contributed by atoms with Crippen molar-refractivity contribution in [1.29, 1.82) is 0 Å². The number of aromatic nitrogens is 2. The third-order valence-electron chi connectivity index (χ3n) is 4.49. The molecule has 1 aromatic heterocycles. The van der Waals surface area contributed by atoms with E-state index in [0.717, 1.165) is 11.1 Å². The topological polar surface area (TPSA) is 116 Å². The highest BCUT2D eigenvalue weighted by Crippen LogP contribution is 2.24. The second-order valence-corrected chi connectivity index (χ2v) is 7.36. The van der Waals surface area contributed by atoms with Crippen LogP contribution in [0.1, 0.15) is 30.9 Å². The summed E-state index contributed by atoms with van der Waals surface area (Å²) in [6.07, 6.45) is 1.92. The van der Waals surface area contributed by atoms with Crippen molar-refractivity contribution >= 4 is 33.8 Å². The number of fused-ring (bicyclic) bond motifs is 1. The highest BCUT2D eigenvalue weighted by molar-refractivity contribution is 7.82. The van der Waals surface area contributed by atoms with Crippen LogP contribution in [0.2, 0.25) is 0 Å². The molecule has 8 nitrogen and oxygen atoms in total. The first-order valence-electron chi connectivity index (χ1n) is 8.05. The fourth-order valence-corrected chi connectivity index (χ4v) is 3.64. The molecule has 3 N–H and O–H groups in total. The molecular weight excluding hydrogens is 344 g/mol. The summed E-state index contributed by atoms with van der Waals surface area (Å²) in [6, 6.07) is 4.93. The van der Waals surface area contributed by atoms with Gasteiger partial charge < -0.3 is 0 Å². The van der Waals surface area contributed by atoms with Gasteiger partial charge in [0.1, 0.15) is 6.04 Å². The molecule has 0 saturated carbocycles. The highest BCUT2D eigenvalue weighted by atomic mass is 32.2. The lowest BCUT2D eigenvalue weighted by atomic mass is 10.1. The van der Waals surface area contributed by atoms with Crippen molar-refractivity contribution in [3.8, 4) is 0 Å². The first-order chi connectivity index (χ1) is 11.9. The van der Waals surface area contributed by atoms with Crippen molar-refractivity contribution in [3.63, 3.8) is 0 Å². The van der Waals surface area contributed by atoms with Gasteiger partial charge in [0.25, 0.3) is 0 Å². The number of hydrogen-bond acceptors (Lipinski definition) is 4. The molecule has 2 atom stereocenters. The normalized spacial score (nSPS) is 19.2. The summed E-state index contributed by atoms with van der Waals surface area (Å²) in [5.41, 5.74) is 2.10. The quantitative estimate of drug-likeness (QED) is 0.719. The number of amides is 2. The largest absolute Gasteiger partial charge is 0.329 e. The first kappa shape index (κ1) is 17.6. The minimum atomic E-state index is -1.31. The van der Waals surface area contributed by atoms with Crippen molar-refractivity contribution in [2.75, 3.05) is 5.75 Å². The summed E-state index contributed by atoms with van der Waals surface area (Å²) in [7, 11) is 0.347. The molecule has 0 bridgehead atoms. The highest BCUT2D eigenvalue weighted by Gasteiger charge is 2.31. The molecule has 0 aliphatic carbocycles. The number of imide groups is 1.